The predicted molar refractivity (Wildman–Crippen MR) is 86.4 cm³/mol. The Hall–Kier alpha value is -2.01. The number of aryl methyl sites for hydroxylation is 1. The number of halogens is 1. The SMILES string of the molecule is COc1ccc(C(=O)Nc2ccc(C)cc2Br)cc1OC. The maximum absolute atomic E-state index is 12.3. The summed E-state index contributed by atoms with van der Waals surface area (Å²) in [5.41, 5.74) is 2.34. The second kappa shape index (κ2) is 6.63. The van der Waals surface area contributed by atoms with Crippen LogP contribution in [0.15, 0.2) is 40.9 Å². The van der Waals surface area contributed by atoms with E-state index in [-0.39, 0.29) is 5.91 Å². The molecule has 2 aromatic carbocycles. The van der Waals surface area contributed by atoms with Gasteiger partial charge < -0.3 is 14.8 Å². The molecule has 21 heavy (non-hydrogen) atoms. The quantitative estimate of drug-likeness (QED) is 0.906. The van der Waals surface area contributed by atoms with Crippen LogP contribution in [-0.2, 0) is 0 Å². The zero-order valence-electron chi connectivity index (χ0n) is 12.1. The Kier molecular flexibility index (Phi) is 4.85. The molecule has 0 heterocycles. The first-order valence-corrected chi connectivity index (χ1v) is 7.14. The number of nitrogens with one attached hydrogen (secondary N) is 1. The van der Waals surface area contributed by atoms with E-state index in [0.717, 1.165) is 15.7 Å². The molecule has 0 saturated carbocycles. The van der Waals surface area contributed by atoms with Crippen molar-refractivity contribution in [3.05, 3.63) is 52.0 Å². The summed E-state index contributed by atoms with van der Waals surface area (Å²) in [6.07, 6.45) is 0. The summed E-state index contributed by atoms with van der Waals surface area (Å²) in [7, 11) is 3.09. The van der Waals surface area contributed by atoms with Crippen molar-refractivity contribution < 1.29 is 14.3 Å². The molecule has 110 valence electrons. The van der Waals surface area contributed by atoms with Crippen molar-refractivity contribution in [2.75, 3.05) is 19.5 Å². The summed E-state index contributed by atoms with van der Waals surface area (Å²) >= 11 is 3.44. The van der Waals surface area contributed by atoms with Crippen LogP contribution >= 0.6 is 15.9 Å². The molecule has 4 nitrogen and oxygen atoms in total. The number of amides is 1. The third kappa shape index (κ3) is 3.55. The van der Waals surface area contributed by atoms with Crippen molar-refractivity contribution in [2.45, 2.75) is 6.92 Å². The molecular weight excluding hydrogens is 334 g/mol. The summed E-state index contributed by atoms with van der Waals surface area (Å²) in [5, 5.41) is 2.86. The number of benzene rings is 2. The van der Waals surface area contributed by atoms with Crippen molar-refractivity contribution in [1.29, 1.82) is 0 Å². The van der Waals surface area contributed by atoms with E-state index >= 15 is 0 Å². The molecule has 0 bridgehead atoms. The van der Waals surface area contributed by atoms with Crippen LogP contribution in [0.1, 0.15) is 15.9 Å². The molecule has 1 N–H and O–H groups in total. The average Bonchev–Trinajstić information content (AvgIpc) is 2.49. The Bertz CT molecular complexity index is 671. The minimum atomic E-state index is -0.208. The van der Waals surface area contributed by atoms with E-state index < -0.39 is 0 Å². The smallest absolute Gasteiger partial charge is 0.255 e. The minimum absolute atomic E-state index is 0.208. The molecule has 1 amide bonds. The zero-order valence-corrected chi connectivity index (χ0v) is 13.7. The molecule has 0 aromatic heterocycles. The van der Waals surface area contributed by atoms with E-state index in [4.69, 9.17) is 9.47 Å². The van der Waals surface area contributed by atoms with Gasteiger partial charge in [0, 0.05) is 10.0 Å². The van der Waals surface area contributed by atoms with Crippen LogP contribution < -0.4 is 14.8 Å². The fourth-order valence-electron chi connectivity index (χ4n) is 1.89. The molecule has 2 rings (SSSR count). The molecule has 0 radical (unpaired) electrons. The van der Waals surface area contributed by atoms with E-state index in [1.807, 2.05) is 25.1 Å². The monoisotopic (exact) mass is 349 g/mol. The molecular formula is C16H16BrNO3. The molecule has 0 fully saturated rings. The van der Waals surface area contributed by atoms with Gasteiger partial charge in [0.1, 0.15) is 0 Å². The van der Waals surface area contributed by atoms with Gasteiger partial charge in [-0.2, -0.15) is 0 Å². The normalized spacial score (nSPS) is 10.1. The van der Waals surface area contributed by atoms with Gasteiger partial charge in [0.05, 0.1) is 19.9 Å². The third-order valence-corrected chi connectivity index (χ3v) is 3.67. The van der Waals surface area contributed by atoms with E-state index in [1.54, 1.807) is 25.3 Å². The van der Waals surface area contributed by atoms with E-state index in [9.17, 15) is 4.79 Å². The predicted octanol–water partition coefficient (Wildman–Crippen LogP) is 4.03. The van der Waals surface area contributed by atoms with Gasteiger partial charge in [-0.15, -0.1) is 0 Å². The Morgan fingerprint density at radius 3 is 2.38 bits per heavy atom. The zero-order chi connectivity index (χ0) is 15.4. The van der Waals surface area contributed by atoms with Gasteiger partial charge in [0.2, 0.25) is 0 Å². The molecule has 2 aromatic rings. The lowest BCUT2D eigenvalue weighted by Crippen LogP contribution is -2.12. The summed E-state index contributed by atoms with van der Waals surface area (Å²) < 4.78 is 11.2. The fraction of sp³-hybridized carbons (Fsp3) is 0.188. The van der Waals surface area contributed by atoms with E-state index in [2.05, 4.69) is 21.2 Å². The second-order valence-corrected chi connectivity index (χ2v) is 5.36. The maximum atomic E-state index is 12.3. The number of carbonyl (C=O) groups is 1. The van der Waals surface area contributed by atoms with Crippen molar-refractivity contribution >= 4 is 27.5 Å². The Morgan fingerprint density at radius 2 is 1.76 bits per heavy atom. The topological polar surface area (TPSA) is 47.6 Å². The largest absolute Gasteiger partial charge is 0.493 e. The van der Waals surface area contributed by atoms with Crippen LogP contribution in [0.3, 0.4) is 0 Å². The second-order valence-electron chi connectivity index (χ2n) is 4.51. The number of rotatable bonds is 4. The number of methoxy groups -OCH3 is 2. The number of hydrogen-bond donors (Lipinski definition) is 1. The molecule has 0 aliphatic carbocycles. The average molecular weight is 350 g/mol. The number of hydrogen-bond acceptors (Lipinski definition) is 3. The van der Waals surface area contributed by atoms with Crippen LogP contribution in [0.2, 0.25) is 0 Å². The standard InChI is InChI=1S/C16H16BrNO3/c1-10-4-6-13(12(17)8-10)18-16(19)11-5-7-14(20-2)15(9-11)21-3/h4-9H,1-3H3,(H,18,19). The molecule has 0 spiro atoms. The van der Waals surface area contributed by atoms with E-state index in [1.165, 1.54) is 7.11 Å². The van der Waals surface area contributed by atoms with Crippen LogP contribution in [-0.4, -0.2) is 20.1 Å². The fourth-order valence-corrected chi connectivity index (χ4v) is 2.49. The van der Waals surface area contributed by atoms with Crippen LogP contribution in [0.25, 0.3) is 0 Å². The molecule has 5 heteroatoms. The number of ether oxygens (including phenoxy) is 2. The summed E-state index contributed by atoms with van der Waals surface area (Å²) in [6, 6.07) is 10.8. The lowest BCUT2D eigenvalue weighted by molar-refractivity contribution is 0.102. The van der Waals surface area contributed by atoms with Gasteiger partial charge in [-0.05, 0) is 58.7 Å². The summed E-state index contributed by atoms with van der Waals surface area (Å²) in [6.45, 7) is 1.99. The Morgan fingerprint density at radius 1 is 1.05 bits per heavy atom. The Balaban J connectivity index is 2.24. The summed E-state index contributed by atoms with van der Waals surface area (Å²) in [4.78, 5) is 12.3. The first-order chi connectivity index (χ1) is 10.0. The van der Waals surface area contributed by atoms with Crippen molar-refractivity contribution in [2.24, 2.45) is 0 Å². The molecule has 0 saturated heterocycles. The Labute approximate surface area is 132 Å². The highest BCUT2D eigenvalue weighted by Gasteiger charge is 2.12. The van der Waals surface area contributed by atoms with Crippen LogP contribution in [0, 0.1) is 6.92 Å². The molecule has 0 aliphatic heterocycles. The molecule has 0 unspecified atom stereocenters. The van der Waals surface area contributed by atoms with Gasteiger partial charge in [-0.25, -0.2) is 0 Å². The molecule has 0 atom stereocenters. The first-order valence-electron chi connectivity index (χ1n) is 6.34. The number of anilines is 1. The number of carbonyl (C=O) groups excluding carboxylic acids is 1. The van der Waals surface area contributed by atoms with Gasteiger partial charge in [0.25, 0.3) is 5.91 Å². The van der Waals surface area contributed by atoms with Crippen molar-refractivity contribution in [1.82, 2.24) is 0 Å². The van der Waals surface area contributed by atoms with Crippen molar-refractivity contribution in [3.63, 3.8) is 0 Å². The van der Waals surface area contributed by atoms with Gasteiger partial charge in [0.15, 0.2) is 11.5 Å². The van der Waals surface area contributed by atoms with Crippen molar-refractivity contribution in [3.8, 4) is 11.5 Å². The first kappa shape index (κ1) is 15.4. The summed E-state index contributed by atoms with van der Waals surface area (Å²) in [5.74, 6) is 0.902. The lowest BCUT2D eigenvalue weighted by Gasteiger charge is -2.11. The molecule has 0 aliphatic rings. The highest BCUT2D eigenvalue weighted by molar-refractivity contribution is 9.10. The minimum Gasteiger partial charge on any atom is -0.493 e. The van der Waals surface area contributed by atoms with E-state index in [0.29, 0.717) is 17.1 Å². The highest BCUT2D eigenvalue weighted by Crippen LogP contribution is 2.29. The third-order valence-electron chi connectivity index (χ3n) is 3.02. The van der Waals surface area contributed by atoms with Gasteiger partial charge in [-0.1, -0.05) is 6.07 Å². The highest BCUT2D eigenvalue weighted by atomic mass is 79.9. The van der Waals surface area contributed by atoms with Crippen LogP contribution in [0.5, 0.6) is 11.5 Å². The van der Waals surface area contributed by atoms with Gasteiger partial charge in [-0.3, -0.25) is 4.79 Å². The van der Waals surface area contributed by atoms with Gasteiger partial charge >= 0.3 is 0 Å². The van der Waals surface area contributed by atoms with Crippen LogP contribution in [0.4, 0.5) is 5.69 Å². The lowest BCUT2D eigenvalue weighted by atomic mass is 10.1. The maximum Gasteiger partial charge on any atom is 0.255 e.